The van der Waals surface area contributed by atoms with E-state index in [-0.39, 0.29) is 12.0 Å². The van der Waals surface area contributed by atoms with Gasteiger partial charge in [0.15, 0.2) is 0 Å². The van der Waals surface area contributed by atoms with Gasteiger partial charge in [-0.3, -0.25) is 4.79 Å². The highest BCUT2D eigenvalue weighted by atomic mass is 79.9. The highest BCUT2D eigenvalue weighted by Crippen LogP contribution is 2.26. The molecule has 132 valence electrons. The van der Waals surface area contributed by atoms with Crippen molar-refractivity contribution in [3.8, 4) is 5.75 Å². The van der Waals surface area contributed by atoms with Crippen molar-refractivity contribution in [2.75, 3.05) is 33.3 Å². The summed E-state index contributed by atoms with van der Waals surface area (Å²) in [5.41, 5.74) is 0.0766. The molecule has 1 aliphatic rings. The molecule has 1 aromatic rings. The van der Waals surface area contributed by atoms with Crippen LogP contribution in [0.2, 0.25) is 0 Å². The molecular formula is C17H23BrN2O4. The molecule has 0 atom stereocenters. The molecule has 0 aromatic heterocycles. The summed E-state index contributed by atoms with van der Waals surface area (Å²) in [5.74, 6) is 0.628. The third-order valence-corrected chi connectivity index (χ3v) is 4.24. The Morgan fingerprint density at radius 2 is 1.67 bits per heavy atom. The standard InChI is InChI=1S/C17H23BrN2O4/c1-17(2,3)24-16(22)20-9-7-19(8-10-20)15(21)12-5-6-14(23-4)13(18)11-12/h5-6,11H,7-10H2,1-4H3. The topological polar surface area (TPSA) is 59.1 Å². The van der Waals surface area contributed by atoms with Gasteiger partial charge in [-0.15, -0.1) is 0 Å². The Bertz CT molecular complexity index is 620. The zero-order chi connectivity index (χ0) is 17.9. The molecule has 0 aliphatic carbocycles. The van der Waals surface area contributed by atoms with E-state index < -0.39 is 5.60 Å². The van der Waals surface area contributed by atoms with Gasteiger partial charge in [0.1, 0.15) is 11.4 Å². The highest BCUT2D eigenvalue weighted by molar-refractivity contribution is 9.10. The number of piperazine rings is 1. The van der Waals surface area contributed by atoms with Gasteiger partial charge in [0.05, 0.1) is 11.6 Å². The Balaban J connectivity index is 1.95. The Kier molecular flexibility index (Phi) is 5.74. The molecule has 1 aromatic carbocycles. The molecule has 1 heterocycles. The van der Waals surface area contributed by atoms with E-state index >= 15 is 0 Å². The molecule has 6 nitrogen and oxygen atoms in total. The first-order valence-electron chi connectivity index (χ1n) is 7.82. The molecule has 1 fully saturated rings. The first-order chi connectivity index (χ1) is 11.2. The molecule has 2 rings (SSSR count). The minimum absolute atomic E-state index is 0.0535. The summed E-state index contributed by atoms with van der Waals surface area (Å²) in [5, 5.41) is 0. The van der Waals surface area contributed by atoms with Crippen LogP contribution in [0.3, 0.4) is 0 Å². The number of methoxy groups -OCH3 is 1. The monoisotopic (exact) mass is 398 g/mol. The van der Waals surface area contributed by atoms with E-state index in [1.807, 2.05) is 20.8 Å². The largest absolute Gasteiger partial charge is 0.496 e. The maximum atomic E-state index is 12.6. The molecule has 0 unspecified atom stereocenters. The summed E-state index contributed by atoms with van der Waals surface area (Å²) in [4.78, 5) is 28.0. The first kappa shape index (κ1) is 18.6. The van der Waals surface area contributed by atoms with Gasteiger partial charge in [-0.2, -0.15) is 0 Å². The van der Waals surface area contributed by atoms with Gasteiger partial charge in [0, 0.05) is 31.7 Å². The van der Waals surface area contributed by atoms with Crippen LogP contribution >= 0.6 is 15.9 Å². The number of carbonyl (C=O) groups excluding carboxylic acids is 2. The number of amides is 2. The summed E-state index contributed by atoms with van der Waals surface area (Å²) >= 11 is 3.39. The number of benzene rings is 1. The van der Waals surface area contributed by atoms with Crippen LogP contribution in [0.4, 0.5) is 4.79 Å². The van der Waals surface area contributed by atoms with Crippen molar-refractivity contribution < 1.29 is 19.1 Å². The number of carbonyl (C=O) groups is 2. The minimum atomic E-state index is -0.514. The lowest BCUT2D eigenvalue weighted by atomic mass is 10.1. The quantitative estimate of drug-likeness (QED) is 0.767. The number of nitrogens with zero attached hydrogens (tertiary/aromatic N) is 2. The van der Waals surface area contributed by atoms with Crippen molar-refractivity contribution >= 4 is 27.9 Å². The molecule has 0 spiro atoms. The second-order valence-corrected chi connectivity index (χ2v) is 7.46. The van der Waals surface area contributed by atoms with Crippen LogP contribution in [-0.2, 0) is 4.74 Å². The highest BCUT2D eigenvalue weighted by Gasteiger charge is 2.28. The summed E-state index contributed by atoms with van der Waals surface area (Å²) in [6, 6.07) is 5.25. The molecule has 2 amide bonds. The predicted molar refractivity (Wildman–Crippen MR) is 94.4 cm³/mol. The van der Waals surface area contributed by atoms with Crippen LogP contribution in [0, 0.1) is 0 Å². The smallest absolute Gasteiger partial charge is 0.410 e. The fourth-order valence-corrected chi connectivity index (χ4v) is 2.94. The minimum Gasteiger partial charge on any atom is -0.496 e. The van der Waals surface area contributed by atoms with Gasteiger partial charge in [0.25, 0.3) is 5.91 Å². The second-order valence-electron chi connectivity index (χ2n) is 6.61. The molecule has 24 heavy (non-hydrogen) atoms. The summed E-state index contributed by atoms with van der Waals surface area (Å²) in [7, 11) is 1.58. The SMILES string of the molecule is COc1ccc(C(=O)N2CCN(C(=O)OC(C)(C)C)CC2)cc1Br. The van der Waals surface area contributed by atoms with Gasteiger partial charge < -0.3 is 19.3 Å². The Morgan fingerprint density at radius 1 is 1.08 bits per heavy atom. The van der Waals surface area contributed by atoms with Crippen molar-refractivity contribution in [1.29, 1.82) is 0 Å². The Hall–Kier alpha value is -1.76. The summed E-state index contributed by atoms with van der Waals surface area (Å²) in [6.07, 6.45) is -0.332. The molecule has 0 radical (unpaired) electrons. The van der Waals surface area contributed by atoms with Gasteiger partial charge in [0.2, 0.25) is 0 Å². The van der Waals surface area contributed by atoms with Crippen molar-refractivity contribution in [2.45, 2.75) is 26.4 Å². The lowest BCUT2D eigenvalue weighted by Crippen LogP contribution is -2.51. The number of ether oxygens (including phenoxy) is 2. The summed E-state index contributed by atoms with van der Waals surface area (Å²) in [6.45, 7) is 7.43. The molecular weight excluding hydrogens is 376 g/mol. The van der Waals surface area contributed by atoms with Crippen LogP contribution in [0.15, 0.2) is 22.7 Å². The maximum absolute atomic E-state index is 12.6. The van der Waals surface area contributed by atoms with E-state index in [2.05, 4.69) is 15.9 Å². The fraction of sp³-hybridized carbons (Fsp3) is 0.529. The fourth-order valence-electron chi connectivity index (χ4n) is 2.40. The van der Waals surface area contributed by atoms with Crippen LogP contribution in [0.5, 0.6) is 5.75 Å². The predicted octanol–water partition coefficient (Wildman–Crippen LogP) is 3.15. The Morgan fingerprint density at radius 3 is 2.17 bits per heavy atom. The van der Waals surface area contributed by atoms with Crippen molar-refractivity contribution in [3.05, 3.63) is 28.2 Å². The van der Waals surface area contributed by atoms with Crippen LogP contribution < -0.4 is 4.74 Å². The Labute approximate surface area is 150 Å². The van der Waals surface area contributed by atoms with E-state index in [1.54, 1.807) is 35.1 Å². The first-order valence-corrected chi connectivity index (χ1v) is 8.61. The lowest BCUT2D eigenvalue weighted by molar-refractivity contribution is 0.0141. The van der Waals surface area contributed by atoms with Gasteiger partial charge in [-0.05, 0) is 54.9 Å². The van der Waals surface area contributed by atoms with Crippen molar-refractivity contribution in [2.24, 2.45) is 0 Å². The number of rotatable bonds is 2. The van der Waals surface area contributed by atoms with E-state index in [1.165, 1.54) is 0 Å². The average molecular weight is 399 g/mol. The molecule has 0 saturated carbocycles. The van der Waals surface area contributed by atoms with Crippen LogP contribution in [0.1, 0.15) is 31.1 Å². The second kappa shape index (κ2) is 7.42. The van der Waals surface area contributed by atoms with Crippen LogP contribution in [0.25, 0.3) is 0 Å². The van der Waals surface area contributed by atoms with E-state index in [4.69, 9.17) is 9.47 Å². The zero-order valence-electron chi connectivity index (χ0n) is 14.5. The maximum Gasteiger partial charge on any atom is 0.410 e. The molecule has 7 heteroatoms. The summed E-state index contributed by atoms with van der Waals surface area (Å²) < 4.78 is 11.3. The molecule has 1 saturated heterocycles. The number of hydrogen-bond acceptors (Lipinski definition) is 4. The third-order valence-electron chi connectivity index (χ3n) is 3.62. The van der Waals surface area contributed by atoms with Crippen molar-refractivity contribution in [3.63, 3.8) is 0 Å². The van der Waals surface area contributed by atoms with Gasteiger partial charge in [-0.25, -0.2) is 4.79 Å². The molecule has 0 bridgehead atoms. The number of halogens is 1. The van der Waals surface area contributed by atoms with E-state index in [9.17, 15) is 9.59 Å². The normalized spacial score (nSPS) is 15.2. The molecule has 0 N–H and O–H groups in total. The number of hydrogen-bond donors (Lipinski definition) is 0. The zero-order valence-corrected chi connectivity index (χ0v) is 16.1. The lowest BCUT2D eigenvalue weighted by Gasteiger charge is -2.35. The van der Waals surface area contributed by atoms with Gasteiger partial charge in [-0.1, -0.05) is 0 Å². The molecule has 1 aliphatic heterocycles. The van der Waals surface area contributed by atoms with E-state index in [0.29, 0.717) is 37.5 Å². The van der Waals surface area contributed by atoms with Crippen molar-refractivity contribution in [1.82, 2.24) is 9.80 Å². The van der Waals surface area contributed by atoms with E-state index in [0.717, 1.165) is 4.47 Å². The van der Waals surface area contributed by atoms with Crippen LogP contribution in [-0.4, -0.2) is 60.7 Å². The average Bonchev–Trinajstić information content (AvgIpc) is 2.52. The van der Waals surface area contributed by atoms with Gasteiger partial charge >= 0.3 is 6.09 Å². The third kappa shape index (κ3) is 4.63.